The first-order valence-electron chi connectivity index (χ1n) is 8.44. The van der Waals surface area contributed by atoms with Gasteiger partial charge in [0, 0.05) is 25.5 Å². The molecule has 1 aromatic heterocycles. The van der Waals surface area contributed by atoms with E-state index in [4.69, 9.17) is 9.84 Å². The van der Waals surface area contributed by atoms with Crippen LogP contribution in [0.1, 0.15) is 42.3 Å². The van der Waals surface area contributed by atoms with Gasteiger partial charge in [-0.3, -0.25) is 4.98 Å². The molecule has 0 bridgehead atoms. The first-order valence-corrected chi connectivity index (χ1v) is 8.44. The summed E-state index contributed by atoms with van der Waals surface area (Å²) in [4.78, 5) is 29.1. The Balaban J connectivity index is 2.10. The third kappa shape index (κ3) is 6.20. The minimum atomic E-state index is -0.974. The molecule has 0 aliphatic rings. The topological polar surface area (TPSA) is 79.7 Å². The predicted molar refractivity (Wildman–Crippen MR) is 98.0 cm³/mol. The summed E-state index contributed by atoms with van der Waals surface area (Å²) in [5, 5.41) is 8.99. The molecule has 0 radical (unpaired) electrons. The standard InChI is InChI=1S/C20H24N2O4/c1-20(2,3)26-19(25)22(13-10-15-8-11-21-12-9-15)14-16-4-6-17(7-5-16)18(23)24/h4-9,11-12H,10,13-14H2,1-3H3,(H,23,24). The second-order valence-electron chi connectivity index (χ2n) is 7.01. The summed E-state index contributed by atoms with van der Waals surface area (Å²) in [7, 11) is 0. The number of carboxylic acid groups (broad SMARTS) is 1. The number of carboxylic acids is 1. The lowest BCUT2D eigenvalue weighted by Gasteiger charge is -2.27. The van der Waals surface area contributed by atoms with E-state index in [0.29, 0.717) is 19.5 Å². The Labute approximate surface area is 153 Å². The zero-order chi connectivity index (χ0) is 19.2. The number of rotatable bonds is 6. The molecule has 0 unspecified atom stereocenters. The Morgan fingerprint density at radius 3 is 2.19 bits per heavy atom. The molecule has 1 amide bonds. The molecule has 138 valence electrons. The van der Waals surface area contributed by atoms with Gasteiger partial charge in [0.2, 0.25) is 0 Å². The number of ether oxygens (including phenoxy) is 1. The van der Waals surface area contributed by atoms with Gasteiger partial charge in [-0.1, -0.05) is 12.1 Å². The van der Waals surface area contributed by atoms with Crippen molar-refractivity contribution in [2.24, 2.45) is 0 Å². The number of aromatic carboxylic acids is 1. The SMILES string of the molecule is CC(C)(C)OC(=O)N(CCc1ccncc1)Cc1ccc(C(=O)O)cc1. The zero-order valence-electron chi connectivity index (χ0n) is 15.3. The first kappa shape index (κ1) is 19.4. The van der Waals surface area contributed by atoms with E-state index in [-0.39, 0.29) is 5.56 Å². The smallest absolute Gasteiger partial charge is 0.410 e. The van der Waals surface area contributed by atoms with Gasteiger partial charge in [0.25, 0.3) is 0 Å². The Morgan fingerprint density at radius 1 is 1.04 bits per heavy atom. The van der Waals surface area contributed by atoms with Crippen LogP contribution in [0.4, 0.5) is 4.79 Å². The van der Waals surface area contributed by atoms with Crippen LogP contribution in [0.2, 0.25) is 0 Å². The summed E-state index contributed by atoms with van der Waals surface area (Å²) in [5.41, 5.74) is 1.55. The number of aromatic nitrogens is 1. The molecule has 6 heteroatoms. The van der Waals surface area contributed by atoms with E-state index in [1.54, 1.807) is 29.4 Å². The van der Waals surface area contributed by atoms with Crippen molar-refractivity contribution in [3.05, 3.63) is 65.5 Å². The highest BCUT2D eigenvalue weighted by Gasteiger charge is 2.22. The minimum Gasteiger partial charge on any atom is -0.478 e. The Kier molecular flexibility index (Phi) is 6.33. The maximum atomic E-state index is 12.6. The first-order chi connectivity index (χ1) is 12.2. The van der Waals surface area contributed by atoms with Crippen molar-refractivity contribution in [2.75, 3.05) is 6.54 Å². The van der Waals surface area contributed by atoms with Crippen molar-refractivity contribution in [3.8, 4) is 0 Å². The lowest BCUT2D eigenvalue weighted by atomic mass is 10.1. The Bertz CT molecular complexity index is 737. The Morgan fingerprint density at radius 2 is 1.65 bits per heavy atom. The van der Waals surface area contributed by atoms with Crippen molar-refractivity contribution in [1.29, 1.82) is 0 Å². The highest BCUT2D eigenvalue weighted by atomic mass is 16.6. The molecule has 2 aromatic rings. The maximum absolute atomic E-state index is 12.6. The van der Waals surface area contributed by atoms with E-state index >= 15 is 0 Å². The van der Waals surface area contributed by atoms with Crippen LogP contribution in [0.3, 0.4) is 0 Å². The summed E-state index contributed by atoms with van der Waals surface area (Å²) < 4.78 is 5.50. The third-order valence-electron chi connectivity index (χ3n) is 3.65. The van der Waals surface area contributed by atoms with Crippen molar-refractivity contribution in [3.63, 3.8) is 0 Å². The van der Waals surface area contributed by atoms with Gasteiger partial charge in [0.15, 0.2) is 0 Å². The van der Waals surface area contributed by atoms with Gasteiger partial charge in [0.05, 0.1) is 5.56 Å². The molecule has 2 rings (SSSR count). The average molecular weight is 356 g/mol. The monoisotopic (exact) mass is 356 g/mol. The molecular formula is C20H24N2O4. The van der Waals surface area contributed by atoms with Crippen LogP contribution in [0, 0.1) is 0 Å². The highest BCUT2D eigenvalue weighted by molar-refractivity contribution is 5.87. The second-order valence-corrected chi connectivity index (χ2v) is 7.01. The number of benzene rings is 1. The average Bonchev–Trinajstić information content (AvgIpc) is 2.58. The molecule has 0 spiro atoms. The van der Waals surface area contributed by atoms with Gasteiger partial charge in [0.1, 0.15) is 5.60 Å². The molecule has 1 aromatic carbocycles. The molecule has 0 atom stereocenters. The molecule has 0 aliphatic heterocycles. The summed E-state index contributed by atoms with van der Waals surface area (Å²) in [6.07, 6.45) is 3.72. The van der Waals surface area contributed by atoms with Crippen molar-refractivity contribution in [1.82, 2.24) is 9.88 Å². The fraction of sp³-hybridized carbons (Fsp3) is 0.350. The van der Waals surface area contributed by atoms with Crippen LogP contribution < -0.4 is 0 Å². The van der Waals surface area contributed by atoms with Crippen LogP contribution in [0.25, 0.3) is 0 Å². The van der Waals surface area contributed by atoms with E-state index in [2.05, 4.69) is 4.98 Å². The quantitative estimate of drug-likeness (QED) is 0.852. The Hall–Kier alpha value is -2.89. The number of nitrogens with zero attached hydrogens (tertiary/aromatic N) is 2. The van der Waals surface area contributed by atoms with Crippen molar-refractivity contribution < 1.29 is 19.4 Å². The fourth-order valence-corrected chi connectivity index (χ4v) is 2.35. The van der Waals surface area contributed by atoms with Gasteiger partial charge >= 0.3 is 12.1 Å². The number of carbonyl (C=O) groups excluding carboxylic acids is 1. The van der Waals surface area contributed by atoms with Crippen LogP contribution in [0.15, 0.2) is 48.8 Å². The lowest BCUT2D eigenvalue weighted by molar-refractivity contribution is 0.0235. The summed E-state index contributed by atoms with van der Waals surface area (Å²) in [6, 6.07) is 10.3. The van der Waals surface area contributed by atoms with Gasteiger partial charge in [-0.25, -0.2) is 9.59 Å². The highest BCUT2D eigenvalue weighted by Crippen LogP contribution is 2.14. The zero-order valence-corrected chi connectivity index (χ0v) is 15.3. The molecule has 26 heavy (non-hydrogen) atoms. The molecule has 1 heterocycles. The summed E-state index contributed by atoms with van der Waals surface area (Å²) >= 11 is 0. The molecule has 0 saturated heterocycles. The fourth-order valence-electron chi connectivity index (χ4n) is 2.35. The largest absolute Gasteiger partial charge is 0.478 e. The molecule has 0 aliphatic carbocycles. The van der Waals surface area contributed by atoms with Gasteiger partial charge in [-0.15, -0.1) is 0 Å². The number of pyridine rings is 1. The molecule has 0 fully saturated rings. The molecular weight excluding hydrogens is 332 g/mol. The van der Waals surface area contributed by atoms with E-state index in [0.717, 1.165) is 11.1 Å². The summed E-state index contributed by atoms with van der Waals surface area (Å²) in [6.45, 7) is 6.31. The lowest BCUT2D eigenvalue weighted by Crippen LogP contribution is -2.37. The van der Waals surface area contributed by atoms with Gasteiger partial charge in [-0.2, -0.15) is 0 Å². The van der Waals surface area contributed by atoms with Gasteiger partial charge in [-0.05, 0) is 62.6 Å². The van der Waals surface area contributed by atoms with Crippen LogP contribution >= 0.6 is 0 Å². The van der Waals surface area contributed by atoms with Gasteiger partial charge < -0.3 is 14.7 Å². The second kappa shape index (κ2) is 8.47. The van der Waals surface area contributed by atoms with E-state index in [9.17, 15) is 9.59 Å². The maximum Gasteiger partial charge on any atom is 0.410 e. The number of hydrogen-bond acceptors (Lipinski definition) is 4. The van der Waals surface area contributed by atoms with E-state index in [1.807, 2.05) is 32.9 Å². The molecule has 0 saturated carbocycles. The van der Waals surface area contributed by atoms with E-state index in [1.165, 1.54) is 12.1 Å². The van der Waals surface area contributed by atoms with Crippen LogP contribution in [-0.2, 0) is 17.7 Å². The number of amides is 1. The summed E-state index contributed by atoms with van der Waals surface area (Å²) in [5.74, 6) is -0.974. The van der Waals surface area contributed by atoms with Crippen molar-refractivity contribution >= 4 is 12.1 Å². The number of hydrogen-bond donors (Lipinski definition) is 1. The van der Waals surface area contributed by atoms with E-state index < -0.39 is 17.7 Å². The van der Waals surface area contributed by atoms with Crippen LogP contribution in [0.5, 0.6) is 0 Å². The molecule has 6 nitrogen and oxygen atoms in total. The van der Waals surface area contributed by atoms with Crippen LogP contribution in [-0.4, -0.2) is 39.2 Å². The minimum absolute atomic E-state index is 0.217. The normalized spacial score (nSPS) is 11.0. The molecule has 1 N–H and O–H groups in total. The third-order valence-corrected chi connectivity index (χ3v) is 3.65. The number of carbonyl (C=O) groups is 2. The van der Waals surface area contributed by atoms with Crippen molar-refractivity contribution in [2.45, 2.75) is 39.3 Å². The predicted octanol–water partition coefficient (Wildman–Crippen LogP) is 3.76.